The van der Waals surface area contributed by atoms with E-state index in [-0.39, 0.29) is 5.91 Å². The van der Waals surface area contributed by atoms with Crippen LogP contribution in [-0.2, 0) is 13.0 Å². The molecular formula is C24H27N5O3. The summed E-state index contributed by atoms with van der Waals surface area (Å²) < 4.78 is 10.9. The number of anilines is 2. The molecule has 1 saturated heterocycles. The Morgan fingerprint density at radius 1 is 1.16 bits per heavy atom. The number of aromatic nitrogens is 2. The van der Waals surface area contributed by atoms with Crippen LogP contribution in [0.3, 0.4) is 0 Å². The zero-order chi connectivity index (χ0) is 22.1. The molecule has 0 saturated carbocycles. The molecular weight excluding hydrogens is 406 g/mol. The summed E-state index contributed by atoms with van der Waals surface area (Å²) in [5, 5.41) is 0. The Bertz CT molecular complexity index is 1110. The number of carbonyl (C=O) groups is 1. The SMILES string of the molecule is COc1cncc(N2CCN(C(=O)c3occc3CN3c4ccccc4CC3C)CC2)n1. The van der Waals surface area contributed by atoms with E-state index < -0.39 is 0 Å². The normalized spacial score (nSPS) is 18.1. The van der Waals surface area contributed by atoms with Gasteiger partial charge in [-0.05, 0) is 31.0 Å². The molecule has 0 bridgehead atoms. The van der Waals surface area contributed by atoms with Crippen LogP contribution in [0.5, 0.6) is 5.88 Å². The lowest BCUT2D eigenvalue weighted by molar-refractivity contribution is 0.0712. The smallest absolute Gasteiger partial charge is 0.290 e. The zero-order valence-electron chi connectivity index (χ0n) is 18.4. The van der Waals surface area contributed by atoms with Gasteiger partial charge in [0.25, 0.3) is 5.91 Å². The maximum Gasteiger partial charge on any atom is 0.290 e. The number of nitrogens with zero attached hydrogens (tertiary/aromatic N) is 5. The molecule has 2 aromatic heterocycles. The predicted octanol–water partition coefficient (Wildman–Crippen LogP) is 2.99. The van der Waals surface area contributed by atoms with E-state index in [1.807, 2.05) is 11.0 Å². The molecule has 5 rings (SSSR count). The quantitative estimate of drug-likeness (QED) is 0.612. The second-order valence-electron chi connectivity index (χ2n) is 8.28. The Kier molecular flexibility index (Phi) is 5.43. The number of hydrogen-bond donors (Lipinski definition) is 0. The fraction of sp³-hybridized carbons (Fsp3) is 0.375. The lowest BCUT2D eigenvalue weighted by atomic mass is 10.1. The highest BCUT2D eigenvalue weighted by Gasteiger charge is 2.30. The second-order valence-corrected chi connectivity index (χ2v) is 8.28. The molecule has 8 heteroatoms. The average Bonchev–Trinajstić information content (AvgIpc) is 3.43. The van der Waals surface area contributed by atoms with E-state index in [0.717, 1.165) is 17.8 Å². The first-order valence-corrected chi connectivity index (χ1v) is 10.9. The van der Waals surface area contributed by atoms with Crippen molar-refractivity contribution in [1.82, 2.24) is 14.9 Å². The topological polar surface area (TPSA) is 74.9 Å². The van der Waals surface area contributed by atoms with Crippen molar-refractivity contribution in [3.63, 3.8) is 0 Å². The van der Waals surface area contributed by atoms with Crippen molar-refractivity contribution in [3.8, 4) is 5.88 Å². The first kappa shape index (κ1) is 20.4. The van der Waals surface area contributed by atoms with Crippen molar-refractivity contribution < 1.29 is 13.9 Å². The molecule has 2 aliphatic heterocycles. The van der Waals surface area contributed by atoms with Crippen LogP contribution in [-0.4, -0.2) is 60.1 Å². The van der Waals surface area contributed by atoms with Gasteiger partial charge in [0.15, 0.2) is 11.6 Å². The second kappa shape index (κ2) is 8.53. The molecule has 0 N–H and O–H groups in total. The predicted molar refractivity (Wildman–Crippen MR) is 121 cm³/mol. The third-order valence-corrected chi connectivity index (χ3v) is 6.33. The largest absolute Gasteiger partial charge is 0.480 e. The maximum atomic E-state index is 13.3. The molecule has 0 aliphatic carbocycles. The Hall–Kier alpha value is -3.55. The van der Waals surface area contributed by atoms with Gasteiger partial charge in [-0.15, -0.1) is 0 Å². The first-order valence-electron chi connectivity index (χ1n) is 10.9. The standard InChI is InChI=1S/C24H27N5O3/c1-17-13-18-5-3-4-6-20(18)29(17)16-19-7-12-32-23(19)24(30)28-10-8-27(9-11-28)21-14-25-15-22(26-21)31-2/h3-7,12,14-15,17H,8-11,13,16H2,1-2H3. The maximum absolute atomic E-state index is 13.3. The fourth-order valence-corrected chi connectivity index (χ4v) is 4.57. The van der Waals surface area contributed by atoms with Crippen LogP contribution >= 0.6 is 0 Å². The Labute approximate surface area is 187 Å². The molecule has 1 atom stereocenters. The van der Waals surface area contributed by atoms with Crippen molar-refractivity contribution in [2.45, 2.75) is 25.9 Å². The van der Waals surface area contributed by atoms with Crippen molar-refractivity contribution in [1.29, 1.82) is 0 Å². The lowest BCUT2D eigenvalue weighted by Crippen LogP contribution is -2.49. The number of piperazine rings is 1. The number of amides is 1. The van der Waals surface area contributed by atoms with Gasteiger partial charge in [-0.25, -0.2) is 0 Å². The van der Waals surface area contributed by atoms with Crippen LogP contribution in [0.1, 0.15) is 28.6 Å². The molecule has 1 amide bonds. The van der Waals surface area contributed by atoms with Gasteiger partial charge in [-0.2, -0.15) is 4.98 Å². The number of methoxy groups -OCH3 is 1. The third kappa shape index (κ3) is 3.77. The first-order chi connectivity index (χ1) is 15.6. The molecule has 166 valence electrons. The minimum atomic E-state index is -0.0542. The molecule has 0 radical (unpaired) electrons. The van der Waals surface area contributed by atoms with Crippen LogP contribution in [0, 0.1) is 0 Å². The molecule has 1 aromatic carbocycles. The van der Waals surface area contributed by atoms with E-state index in [2.05, 4.69) is 51.0 Å². The van der Waals surface area contributed by atoms with Crippen molar-refractivity contribution in [3.05, 3.63) is 65.9 Å². The van der Waals surface area contributed by atoms with Crippen molar-refractivity contribution in [2.75, 3.05) is 43.1 Å². The number of hydrogen-bond acceptors (Lipinski definition) is 7. The van der Waals surface area contributed by atoms with E-state index in [0.29, 0.717) is 50.4 Å². The molecule has 0 spiro atoms. The van der Waals surface area contributed by atoms with Gasteiger partial charge in [-0.1, -0.05) is 18.2 Å². The number of fused-ring (bicyclic) bond motifs is 1. The molecule has 3 aromatic rings. The number of carbonyl (C=O) groups excluding carboxylic acids is 1. The van der Waals surface area contributed by atoms with Crippen molar-refractivity contribution >= 4 is 17.4 Å². The van der Waals surface area contributed by atoms with Crippen LogP contribution in [0.15, 0.2) is 53.4 Å². The summed E-state index contributed by atoms with van der Waals surface area (Å²) >= 11 is 0. The lowest BCUT2D eigenvalue weighted by Gasteiger charge is -2.35. The molecule has 1 unspecified atom stereocenters. The highest BCUT2D eigenvalue weighted by atomic mass is 16.5. The number of rotatable bonds is 5. The summed E-state index contributed by atoms with van der Waals surface area (Å²) in [6.45, 7) is 5.44. The third-order valence-electron chi connectivity index (χ3n) is 6.33. The summed E-state index contributed by atoms with van der Waals surface area (Å²) in [6, 6.07) is 10.8. The van der Waals surface area contributed by atoms with Gasteiger partial charge in [-0.3, -0.25) is 9.78 Å². The van der Waals surface area contributed by atoms with Crippen LogP contribution < -0.4 is 14.5 Å². The molecule has 8 nitrogen and oxygen atoms in total. The van der Waals surface area contributed by atoms with E-state index in [4.69, 9.17) is 9.15 Å². The Balaban J connectivity index is 1.26. The van der Waals surface area contributed by atoms with Crippen LogP contribution in [0.4, 0.5) is 11.5 Å². The number of ether oxygens (including phenoxy) is 1. The van der Waals surface area contributed by atoms with E-state index in [1.54, 1.807) is 25.8 Å². The number of furan rings is 1. The Morgan fingerprint density at radius 2 is 1.97 bits per heavy atom. The van der Waals surface area contributed by atoms with Crippen molar-refractivity contribution in [2.24, 2.45) is 0 Å². The zero-order valence-corrected chi connectivity index (χ0v) is 18.4. The summed E-state index contributed by atoms with van der Waals surface area (Å²) in [5.41, 5.74) is 3.53. The van der Waals surface area contributed by atoms with Crippen LogP contribution in [0.2, 0.25) is 0 Å². The highest BCUT2D eigenvalue weighted by Crippen LogP contribution is 2.33. The van der Waals surface area contributed by atoms with Gasteiger partial charge in [0.1, 0.15) is 0 Å². The molecule has 4 heterocycles. The summed E-state index contributed by atoms with van der Waals surface area (Å²) in [4.78, 5) is 28.2. The molecule has 1 fully saturated rings. The van der Waals surface area contributed by atoms with Crippen LogP contribution in [0.25, 0.3) is 0 Å². The van der Waals surface area contributed by atoms with E-state index in [1.165, 1.54) is 11.3 Å². The summed E-state index contributed by atoms with van der Waals surface area (Å²) in [7, 11) is 1.58. The van der Waals surface area contributed by atoms with Gasteiger partial charge in [0.05, 0.1) is 25.8 Å². The monoisotopic (exact) mass is 433 g/mol. The average molecular weight is 434 g/mol. The summed E-state index contributed by atoms with van der Waals surface area (Å²) in [5.74, 6) is 1.63. The fourth-order valence-electron chi connectivity index (χ4n) is 4.57. The minimum absolute atomic E-state index is 0.0542. The highest BCUT2D eigenvalue weighted by molar-refractivity contribution is 5.93. The van der Waals surface area contributed by atoms with Gasteiger partial charge >= 0.3 is 0 Å². The van der Waals surface area contributed by atoms with E-state index in [9.17, 15) is 4.79 Å². The number of benzene rings is 1. The summed E-state index contributed by atoms with van der Waals surface area (Å²) in [6.07, 6.45) is 5.95. The minimum Gasteiger partial charge on any atom is -0.480 e. The van der Waals surface area contributed by atoms with Gasteiger partial charge < -0.3 is 23.9 Å². The van der Waals surface area contributed by atoms with Gasteiger partial charge in [0, 0.05) is 50.0 Å². The number of para-hydroxylation sites is 1. The van der Waals surface area contributed by atoms with Gasteiger partial charge in [0.2, 0.25) is 5.88 Å². The van der Waals surface area contributed by atoms with E-state index >= 15 is 0 Å². The molecule has 2 aliphatic rings. The molecule has 32 heavy (non-hydrogen) atoms. The Morgan fingerprint density at radius 3 is 2.78 bits per heavy atom.